The zero-order valence-electron chi connectivity index (χ0n) is 16.4. The van der Waals surface area contributed by atoms with Crippen molar-refractivity contribution in [3.8, 4) is 0 Å². The third-order valence-electron chi connectivity index (χ3n) is 5.20. The Morgan fingerprint density at radius 2 is 1.83 bits per heavy atom. The molecule has 1 fully saturated rings. The Morgan fingerprint density at radius 3 is 2.55 bits per heavy atom. The van der Waals surface area contributed by atoms with E-state index < -0.39 is 6.04 Å². The summed E-state index contributed by atoms with van der Waals surface area (Å²) in [5.41, 5.74) is 4.83. The standard InChI is InChI=1S/C22H25N5O2/c1-16-22(29)27(19-10-6-3-7-11-19)25-20(23-16)21(28)24-18-12-13-26(15-18)14-17-8-4-2-5-9-17/h2-11,16,18H,12-15H2,1H3,(H,23,25)(H,24,28)/t16-,18+/m0/s1. The number of nitrogens with one attached hydrogen (secondary N) is 2. The number of hydrogen-bond acceptors (Lipinski definition) is 5. The number of nitrogens with zero attached hydrogens (tertiary/aromatic N) is 3. The Bertz CT molecular complexity index is 900. The van der Waals surface area contributed by atoms with E-state index in [1.807, 2.05) is 48.5 Å². The van der Waals surface area contributed by atoms with Gasteiger partial charge in [0, 0.05) is 25.7 Å². The molecule has 29 heavy (non-hydrogen) atoms. The third kappa shape index (κ3) is 4.46. The maximum atomic E-state index is 12.8. The van der Waals surface area contributed by atoms with Crippen LogP contribution in [0.3, 0.4) is 0 Å². The van der Waals surface area contributed by atoms with Crippen molar-refractivity contribution in [1.82, 2.24) is 15.6 Å². The quantitative estimate of drug-likeness (QED) is 0.814. The number of anilines is 1. The first-order chi connectivity index (χ1) is 14.1. The molecule has 2 aromatic carbocycles. The van der Waals surface area contributed by atoms with Crippen LogP contribution in [0.15, 0.2) is 65.7 Å². The van der Waals surface area contributed by atoms with E-state index >= 15 is 0 Å². The lowest BCUT2D eigenvalue weighted by Gasteiger charge is -2.30. The highest BCUT2D eigenvalue weighted by molar-refractivity contribution is 6.39. The van der Waals surface area contributed by atoms with Gasteiger partial charge in [-0.3, -0.25) is 19.9 Å². The summed E-state index contributed by atoms with van der Waals surface area (Å²) in [6.07, 6.45) is 0.892. The molecule has 150 valence electrons. The van der Waals surface area contributed by atoms with Crippen molar-refractivity contribution < 1.29 is 9.59 Å². The highest BCUT2D eigenvalue weighted by atomic mass is 16.2. The second-order valence-corrected chi connectivity index (χ2v) is 7.45. The highest BCUT2D eigenvalue weighted by Crippen LogP contribution is 2.17. The van der Waals surface area contributed by atoms with E-state index in [2.05, 4.69) is 32.8 Å². The predicted octanol–water partition coefficient (Wildman–Crippen LogP) is 1.72. The van der Waals surface area contributed by atoms with Gasteiger partial charge in [-0.15, -0.1) is 0 Å². The van der Waals surface area contributed by atoms with E-state index in [1.54, 1.807) is 6.92 Å². The summed E-state index contributed by atoms with van der Waals surface area (Å²) in [5, 5.41) is 4.45. The molecule has 4 rings (SSSR count). The summed E-state index contributed by atoms with van der Waals surface area (Å²) in [6.45, 7) is 4.30. The smallest absolute Gasteiger partial charge is 0.288 e. The van der Waals surface area contributed by atoms with E-state index in [4.69, 9.17) is 0 Å². The molecule has 0 aromatic heterocycles. The van der Waals surface area contributed by atoms with Crippen LogP contribution in [-0.2, 0) is 16.1 Å². The van der Waals surface area contributed by atoms with Crippen molar-refractivity contribution in [3.05, 3.63) is 66.2 Å². The molecule has 0 aliphatic carbocycles. The summed E-state index contributed by atoms with van der Waals surface area (Å²) in [6, 6.07) is 19.0. The SMILES string of the molecule is C[C@@H]1N=C(C(=O)N[C@@H]2CCN(Cc3ccccc3)C2)NN(c2ccccc2)C1=O. The normalized spacial score (nSPS) is 22.2. The van der Waals surface area contributed by atoms with Crippen LogP contribution in [0.2, 0.25) is 0 Å². The van der Waals surface area contributed by atoms with Crippen LogP contribution in [-0.4, -0.2) is 47.7 Å². The first kappa shape index (κ1) is 19.1. The Balaban J connectivity index is 1.37. The van der Waals surface area contributed by atoms with E-state index in [-0.39, 0.29) is 23.7 Å². The Kier molecular flexibility index (Phi) is 5.57. The molecule has 2 aliphatic heterocycles. The van der Waals surface area contributed by atoms with Crippen LogP contribution in [0.1, 0.15) is 18.9 Å². The second kappa shape index (κ2) is 8.45. The van der Waals surface area contributed by atoms with Crippen LogP contribution in [0, 0.1) is 0 Å². The Labute approximate surface area is 170 Å². The third-order valence-corrected chi connectivity index (χ3v) is 5.20. The fourth-order valence-corrected chi connectivity index (χ4v) is 3.69. The van der Waals surface area contributed by atoms with E-state index in [0.29, 0.717) is 5.69 Å². The molecular weight excluding hydrogens is 366 g/mol. The molecule has 2 amide bonds. The Morgan fingerprint density at radius 1 is 1.14 bits per heavy atom. The maximum Gasteiger partial charge on any atom is 0.288 e. The molecular formula is C22H25N5O2. The minimum Gasteiger partial charge on any atom is -0.345 e. The lowest BCUT2D eigenvalue weighted by molar-refractivity contribution is -0.120. The molecule has 0 unspecified atom stereocenters. The van der Waals surface area contributed by atoms with Crippen LogP contribution < -0.4 is 15.8 Å². The van der Waals surface area contributed by atoms with Crippen molar-refractivity contribution in [2.24, 2.45) is 4.99 Å². The second-order valence-electron chi connectivity index (χ2n) is 7.45. The number of para-hydroxylation sites is 1. The van der Waals surface area contributed by atoms with Gasteiger partial charge in [0.15, 0.2) is 0 Å². The highest BCUT2D eigenvalue weighted by Gasteiger charge is 2.32. The molecule has 0 saturated carbocycles. The largest absolute Gasteiger partial charge is 0.345 e. The van der Waals surface area contributed by atoms with Crippen molar-refractivity contribution in [2.75, 3.05) is 18.1 Å². The first-order valence-corrected chi connectivity index (χ1v) is 9.91. The number of hydrazine groups is 1. The molecule has 0 radical (unpaired) electrons. The number of aliphatic imine (C=N–C) groups is 1. The van der Waals surface area contributed by atoms with Gasteiger partial charge in [0.1, 0.15) is 6.04 Å². The van der Waals surface area contributed by atoms with Gasteiger partial charge in [0.25, 0.3) is 11.8 Å². The van der Waals surface area contributed by atoms with Gasteiger partial charge in [-0.05, 0) is 31.0 Å². The number of likely N-dealkylation sites (tertiary alicyclic amines) is 1. The number of rotatable bonds is 5. The first-order valence-electron chi connectivity index (χ1n) is 9.91. The molecule has 2 heterocycles. The summed E-state index contributed by atoms with van der Waals surface area (Å²) >= 11 is 0. The molecule has 2 aliphatic rings. The zero-order chi connectivity index (χ0) is 20.2. The number of benzene rings is 2. The topological polar surface area (TPSA) is 77.0 Å². The molecule has 2 N–H and O–H groups in total. The molecule has 7 heteroatoms. The van der Waals surface area contributed by atoms with Gasteiger partial charge < -0.3 is 5.32 Å². The van der Waals surface area contributed by atoms with Gasteiger partial charge in [-0.25, -0.2) is 10.0 Å². The summed E-state index contributed by atoms with van der Waals surface area (Å²) in [4.78, 5) is 31.8. The minimum atomic E-state index is -0.615. The van der Waals surface area contributed by atoms with Gasteiger partial charge >= 0.3 is 0 Å². The number of hydrogen-bond donors (Lipinski definition) is 2. The molecule has 0 spiro atoms. The predicted molar refractivity (Wildman–Crippen MR) is 112 cm³/mol. The lowest BCUT2D eigenvalue weighted by atomic mass is 10.2. The molecule has 7 nitrogen and oxygen atoms in total. The van der Waals surface area contributed by atoms with Gasteiger partial charge in [0.2, 0.25) is 5.84 Å². The Hall–Kier alpha value is -3.19. The molecule has 2 aromatic rings. The molecule has 0 bridgehead atoms. The van der Waals surface area contributed by atoms with Crippen molar-refractivity contribution in [3.63, 3.8) is 0 Å². The average Bonchev–Trinajstić information content (AvgIpc) is 3.18. The fourth-order valence-electron chi connectivity index (χ4n) is 3.69. The zero-order valence-corrected chi connectivity index (χ0v) is 16.4. The minimum absolute atomic E-state index is 0.0637. The van der Waals surface area contributed by atoms with Crippen molar-refractivity contribution in [1.29, 1.82) is 0 Å². The van der Waals surface area contributed by atoms with Crippen LogP contribution in [0.4, 0.5) is 5.69 Å². The monoisotopic (exact) mass is 391 g/mol. The van der Waals surface area contributed by atoms with Crippen LogP contribution in [0.5, 0.6) is 0 Å². The number of carbonyl (C=O) groups is 2. The molecule has 2 atom stereocenters. The summed E-state index contributed by atoms with van der Waals surface area (Å²) < 4.78 is 0. The summed E-state index contributed by atoms with van der Waals surface area (Å²) in [7, 11) is 0. The average molecular weight is 391 g/mol. The summed E-state index contributed by atoms with van der Waals surface area (Å²) in [5.74, 6) is -0.304. The van der Waals surface area contributed by atoms with E-state index in [1.165, 1.54) is 10.6 Å². The van der Waals surface area contributed by atoms with E-state index in [9.17, 15) is 9.59 Å². The number of amides is 2. The number of carbonyl (C=O) groups excluding carboxylic acids is 2. The van der Waals surface area contributed by atoms with E-state index in [0.717, 1.165) is 26.1 Å². The van der Waals surface area contributed by atoms with Crippen molar-refractivity contribution >= 4 is 23.3 Å². The van der Waals surface area contributed by atoms with Gasteiger partial charge in [-0.2, -0.15) is 0 Å². The number of amidine groups is 1. The maximum absolute atomic E-state index is 12.8. The van der Waals surface area contributed by atoms with Gasteiger partial charge in [-0.1, -0.05) is 48.5 Å². The lowest BCUT2D eigenvalue weighted by Crippen LogP contribution is -2.58. The fraction of sp³-hybridized carbons (Fsp3) is 0.318. The van der Waals surface area contributed by atoms with Crippen LogP contribution >= 0.6 is 0 Å². The van der Waals surface area contributed by atoms with Crippen LogP contribution in [0.25, 0.3) is 0 Å². The van der Waals surface area contributed by atoms with Crippen molar-refractivity contribution in [2.45, 2.75) is 32.0 Å². The molecule has 1 saturated heterocycles. The van der Waals surface area contributed by atoms with Gasteiger partial charge in [0.05, 0.1) is 5.69 Å².